The molecule has 1 aromatic carbocycles. The van der Waals surface area contributed by atoms with Crippen molar-refractivity contribution in [3.05, 3.63) is 46.6 Å². The maximum atomic E-state index is 9.49. The van der Waals surface area contributed by atoms with E-state index in [0.717, 1.165) is 18.5 Å². The summed E-state index contributed by atoms with van der Waals surface area (Å²) in [6, 6.07) is 7.64. The van der Waals surface area contributed by atoms with Crippen molar-refractivity contribution in [1.82, 2.24) is 15.0 Å². The minimum absolute atomic E-state index is 0.236. The molecule has 6 heteroatoms. The van der Waals surface area contributed by atoms with Gasteiger partial charge in [0, 0.05) is 24.5 Å². The smallest absolute Gasteiger partial charge is 0.240 e. The fraction of sp³-hybridized carbons (Fsp3) is 0.429. The van der Waals surface area contributed by atoms with Gasteiger partial charge in [0.1, 0.15) is 0 Å². The average Bonchev–Trinajstić information content (AvgIpc) is 3.02. The molecule has 1 aromatic heterocycles. The molecule has 2 aromatic rings. The van der Waals surface area contributed by atoms with Crippen LogP contribution in [0.4, 0.5) is 0 Å². The number of halogens is 1. The SMILES string of the molecule is O[C@@H]1CCN(Cc2nc(Cc3ccccc3Cl)no2)C1. The molecule has 1 aliphatic heterocycles. The maximum Gasteiger partial charge on any atom is 0.240 e. The third kappa shape index (κ3) is 3.17. The normalized spacial score (nSPS) is 19.6. The van der Waals surface area contributed by atoms with Crippen LogP contribution in [0.3, 0.4) is 0 Å². The number of hydrogen-bond acceptors (Lipinski definition) is 5. The number of β-amino-alcohol motifs (C(OH)–C–C–N with tert-alkyl or cyclic N) is 1. The van der Waals surface area contributed by atoms with Crippen molar-refractivity contribution < 1.29 is 9.63 Å². The van der Waals surface area contributed by atoms with E-state index in [2.05, 4.69) is 15.0 Å². The van der Waals surface area contributed by atoms with Gasteiger partial charge in [0.05, 0.1) is 12.6 Å². The van der Waals surface area contributed by atoms with Crippen LogP contribution in [0, 0.1) is 0 Å². The Morgan fingerprint density at radius 1 is 1.40 bits per heavy atom. The topological polar surface area (TPSA) is 62.4 Å². The lowest BCUT2D eigenvalue weighted by atomic mass is 10.1. The van der Waals surface area contributed by atoms with Crippen LogP contribution in [0.2, 0.25) is 5.02 Å². The van der Waals surface area contributed by atoms with Gasteiger partial charge in [-0.25, -0.2) is 0 Å². The van der Waals surface area contributed by atoms with Crippen molar-refractivity contribution in [3.8, 4) is 0 Å². The fourth-order valence-electron chi connectivity index (χ4n) is 2.39. The Labute approximate surface area is 122 Å². The van der Waals surface area contributed by atoms with Crippen molar-refractivity contribution in [3.63, 3.8) is 0 Å². The van der Waals surface area contributed by atoms with E-state index in [9.17, 15) is 5.11 Å². The molecule has 1 atom stereocenters. The average molecular weight is 294 g/mol. The molecule has 5 nitrogen and oxygen atoms in total. The number of likely N-dealkylation sites (tertiary alicyclic amines) is 1. The summed E-state index contributed by atoms with van der Waals surface area (Å²) < 4.78 is 5.25. The Hall–Kier alpha value is -1.43. The van der Waals surface area contributed by atoms with Gasteiger partial charge in [-0.2, -0.15) is 4.98 Å². The summed E-state index contributed by atoms with van der Waals surface area (Å²) in [5.74, 6) is 1.22. The second kappa shape index (κ2) is 5.91. The molecule has 0 saturated carbocycles. The first kappa shape index (κ1) is 13.5. The number of nitrogens with zero attached hydrogens (tertiary/aromatic N) is 3. The van der Waals surface area contributed by atoms with Gasteiger partial charge < -0.3 is 9.63 Å². The molecule has 1 aliphatic rings. The highest BCUT2D eigenvalue weighted by atomic mass is 35.5. The Balaban J connectivity index is 1.63. The molecule has 0 unspecified atom stereocenters. The van der Waals surface area contributed by atoms with E-state index >= 15 is 0 Å². The number of aliphatic hydroxyl groups is 1. The molecule has 0 bridgehead atoms. The fourth-order valence-corrected chi connectivity index (χ4v) is 2.59. The number of rotatable bonds is 4. The summed E-state index contributed by atoms with van der Waals surface area (Å²) in [5, 5.41) is 14.2. The first-order valence-corrected chi connectivity index (χ1v) is 7.04. The molecule has 20 heavy (non-hydrogen) atoms. The van der Waals surface area contributed by atoms with Crippen LogP contribution in [0.1, 0.15) is 23.7 Å². The van der Waals surface area contributed by atoms with Crippen LogP contribution in [0.25, 0.3) is 0 Å². The largest absolute Gasteiger partial charge is 0.392 e. The molecule has 0 amide bonds. The lowest BCUT2D eigenvalue weighted by molar-refractivity contribution is 0.169. The van der Waals surface area contributed by atoms with Gasteiger partial charge in [0.2, 0.25) is 5.89 Å². The summed E-state index contributed by atoms with van der Waals surface area (Å²) in [7, 11) is 0. The highest BCUT2D eigenvalue weighted by molar-refractivity contribution is 6.31. The van der Waals surface area contributed by atoms with Gasteiger partial charge in [-0.3, -0.25) is 4.90 Å². The van der Waals surface area contributed by atoms with Crippen LogP contribution in [-0.4, -0.2) is 39.3 Å². The Morgan fingerprint density at radius 2 is 2.25 bits per heavy atom. The van der Waals surface area contributed by atoms with Gasteiger partial charge in [0.25, 0.3) is 0 Å². The number of aliphatic hydroxyl groups excluding tert-OH is 1. The minimum Gasteiger partial charge on any atom is -0.392 e. The first-order chi connectivity index (χ1) is 9.70. The summed E-state index contributed by atoms with van der Waals surface area (Å²) in [6.07, 6.45) is 1.13. The lowest BCUT2D eigenvalue weighted by Gasteiger charge is -2.10. The third-order valence-electron chi connectivity index (χ3n) is 3.42. The molecule has 1 N–H and O–H groups in total. The standard InChI is InChI=1S/C14H16ClN3O2/c15-12-4-2-1-3-10(12)7-13-16-14(20-17-13)9-18-6-5-11(19)8-18/h1-4,11,19H,5-9H2/t11-/m1/s1. The van der Waals surface area contributed by atoms with E-state index in [1.54, 1.807) is 0 Å². The van der Waals surface area contributed by atoms with E-state index in [4.69, 9.17) is 16.1 Å². The van der Waals surface area contributed by atoms with Gasteiger partial charge in [-0.1, -0.05) is 35.0 Å². The van der Waals surface area contributed by atoms with Gasteiger partial charge in [-0.15, -0.1) is 0 Å². The van der Waals surface area contributed by atoms with E-state index in [-0.39, 0.29) is 6.10 Å². The lowest BCUT2D eigenvalue weighted by Crippen LogP contribution is -2.21. The van der Waals surface area contributed by atoms with Crippen LogP contribution < -0.4 is 0 Å². The molecular weight excluding hydrogens is 278 g/mol. The highest BCUT2D eigenvalue weighted by Crippen LogP contribution is 2.18. The molecule has 0 radical (unpaired) electrons. The summed E-state index contributed by atoms with van der Waals surface area (Å²) in [4.78, 5) is 6.48. The zero-order valence-electron chi connectivity index (χ0n) is 11.0. The van der Waals surface area contributed by atoms with Crippen molar-refractivity contribution in [2.24, 2.45) is 0 Å². The van der Waals surface area contributed by atoms with Crippen molar-refractivity contribution in [2.45, 2.75) is 25.5 Å². The van der Waals surface area contributed by atoms with E-state index in [0.29, 0.717) is 36.2 Å². The van der Waals surface area contributed by atoms with Crippen molar-refractivity contribution in [2.75, 3.05) is 13.1 Å². The summed E-state index contributed by atoms with van der Waals surface area (Å²) in [5.41, 5.74) is 0.984. The van der Waals surface area contributed by atoms with E-state index in [1.807, 2.05) is 24.3 Å². The molecule has 0 aliphatic carbocycles. The molecule has 1 fully saturated rings. The predicted octanol–water partition coefficient (Wildman–Crippen LogP) is 1.88. The Bertz CT molecular complexity index is 587. The molecule has 2 heterocycles. The highest BCUT2D eigenvalue weighted by Gasteiger charge is 2.22. The van der Waals surface area contributed by atoms with Gasteiger partial charge in [0.15, 0.2) is 5.82 Å². The number of benzene rings is 1. The maximum absolute atomic E-state index is 9.49. The number of hydrogen-bond donors (Lipinski definition) is 1. The van der Waals surface area contributed by atoms with Crippen LogP contribution >= 0.6 is 11.6 Å². The molecule has 106 valence electrons. The van der Waals surface area contributed by atoms with Crippen molar-refractivity contribution >= 4 is 11.6 Å². The van der Waals surface area contributed by atoms with Gasteiger partial charge >= 0.3 is 0 Å². The summed E-state index contributed by atoms with van der Waals surface area (Å²) in [6.45, 7) is 2.12. The van der Waals surface area contributed by atoms with Crippen LogP contribution in [0.15, 0.2) is 28.8 Å². The molecule has 1 saturated heterocycles. The number of aromatic nitrogens is 2. The van der Waals surface area contributed by atoms with Crippen molar-refractivity contribution in [1.29, 1.82) is 0 Å². The molecule has 0 spiro atoms. The zero-order valence-corrected chi connectivity index (χ0v) is 11.8. The summed E-state index contributed by atoms with van der Waals surface area (Å²) >= 11 is 6.11. The third-order valence-corrected chi connectivity index (χ3v) is 3.79. The van der Waals surface area contributed by atoms with Crippen LogP contribution in [-0.2, 0) is 13.0 Å². The Morgan fingerprint density at radius 3 is 3.00 bits per heavy atom. The van der Waals surface area contributed by atoms with E-state index in [1.165, 1.54) is 0 Å². The zero-order chi connectivity index (χ0) is 13.9. The van der Waals surface area contributed by atoms with Crippen LogP contribution in [0.5, 0.6) is 0 Å². The second-order valence-electron chi connectivity index (χ2n) is 5.05. The minimum atomic E-state index is -0.236. The van der Waals surface area contributed by atoms with E-state index < -0.39 is 0 Å². The molecular formula is C14H16ClN3O2. The quantitative estimate of drug-likeness (QED) is 0.932. The first-order valence-electron chi connectivity index (χ1n) is 6.66. The predicted molar refractivity (Wildman–Crippen MR) is 74.5 cm³/mol. The van der Waals surface area contributed by atoms with Gasteiger partial charge in [-0.05, 0) is 18.1 Å². The molecule has 3 rings (SSSR count). The second-order valence-corrected chi connectivity index (χ2v) is 5.46. The Kier molecular flexibility index (Phi) is 4.00. The monoisotopic (exact) mass is 293 g/mol.